The Morgan fingerprint density at radius 2 is 0.985 bits per heavy atom. The number of nitrogens with zero attached hydrogens (tertiary/aromatic N) is 3. The number of hydrogen-bond donors (Lipinski definition) is 4. The molecule has 16 heteroatoms. The molecule has 0 aromatic heterocycles. The number of nitrogens with one attached hydrogen (secondary N) is 4. The third-order valence-corrected chi connectivity index (χ3v) is 19.2. The van der Waals surface area contributed by atoms with Gasteiger partial charge in [0.2, 0.25) is 23.6 Å². The lowest BCUT2D eigenvalue weighted by Gasteiger charge is -2.39. The van der Waals surface area contributed by atoms with Crippen LogP contribution in [-0.4, -0.2) is 105 Å². The highest BCUT2D eigenvalue weighted by Crippen LogP contribution is 2.47. The molecule has 3 aliphatic heterocycles. The molecule has 0 aliphatic carbocycles. The standard InChI is InChI=1S/C51H71N7O8Si/c1-10-67(9,11-2)39-26-24-38(25-27-39)58-40(34-16-20-36(21-17-34)52-46(59)42-14-12-30-56(42)48(61)44(32(3)4)54-50(63)65-7)28-29-41(58)35-18-22-37(23-19-35)53-47(60)43-15-13-31-57(43)49(62)45(33(5)6)55-51(64)66-8/h16-27,32-33,40-45H,10-15,28-31H2,1-9H3,(H,52,59)(H,53,60)(H,54,63)(H,55,64)/q-1/t40-,41-,42-,43-,44-,45-/m0/s1. The van der Waals surface area contributed by atoms with Gasteiger partial charge in [-0.05, 0) is 97.9 Å². The van der Waals surface area contributed by atoms with Crippen LogP contribution in [0.25, 0.3) is 0 Å². The van der Waals surface area contributed by atoms with E-state index in [9.17, 15) is 28.8 Å². The predicted molar refractivity (Wildman–Crippen MR) is 264 cm³/mol. The number of anilines is 3. The molecule has 67 heavy (non-hydrogen) atoms. The van der Waals surface area contributed by atoms with Gasteiger partial charge >= 0.3 is 12.2 Å². The Hall–Kier alpha value is -5.90. The van der Waals surface area contributed by atoms with Crippen LogP contribution in [0.4, 0.5) is 26.7 Å². The Kier molecular flexibility index (Phi) is 16.8. The van der Waals surface area contributed by atoms with Gasteiger partial charge in [-0.15, -0.1) is 8.07 Å². The highest BCUT2D eigenvalue weighted by molar-refractivity contribution is 6.90. The Morgan fingerprint density at radius 3 is 1.33 bits per heavy atom. The summed E-state index contributed by atoms with van der Waals surface area (Å²) < 4.78 is 9.51. The first-order valence-electron chi connectivity index (χ1n) is 24.0. The highest BCUT2D eigenvalue weighted by atomic mass is 28.3. The number of methoxy groups -OCH3 is 2. The Balaban J connectivity index is 1.19. The number of carbonyl (C=O) groups excluding carboxylic acids is 6. The number of benzene rings is 3. The molecule has 0 unspecified atom stereocenters. The highest BCUT2D eigenvalue weighted by Gasteiger charge is 2.41. The lowest BCUT2D eigenvalue weighted by atomic mass is 10.0. The van der Waals surface area contributed by atoms with Crippen LogP contribution in [0.5, 0.6) is 0 Å². The van der Waals surface area contributed by atoms with Crippen LogP contribution in [0.15, 0.2) is 72.8 Å². The first kappa shape index (κ1) is 50.5. The van der Waals surface area contributed by atoms with Gasteiger partial charge in [-0.25, -0.2) is 9.59 Å². The smallest absolute Gasteiger partial charge is 0.407 e. The molecule has 3 heterocycles. The van der Waals surface area contributed by atoms with Crippen molar-refractivity contribution in [2.24, 2.45) is 11.8 Å². The molecule has 6 rings (SSSR count). The summed E-state index contributed by atoms with van der Waals surface area (Å²) in [7, 11) is 0.918. The van der Waals surface area contributed by atoms with E-state index in [4.69, 9.17) is 9.47 Å². The van der Waals surface area contributed by atoms with Gasteiger partial charge in [-0.1, -0.05) is 77.9 Å². The number of likely N-dealkylation sites (tertiary alicyclic amines) is 2. The van der Waals surface area contributed by atoms with Crippen LogP contribution in [-0.2, 0) is 28.7 Å². The summed E-state index contributed by atoms with van der Waals surface area (Å²) >= 11 is 0. The van der Waals surface area contributed by atoms with E-state index in [1.807, 2.05) is 52.0 Å². The van der Waals surface area contributed by atoms with Gasteiger partial charge in [0.15, 0.2) is 0 Å². The minimum absolute atomic E-state index is 0.0356. The van der Waals surface area contributed by atoms with Crippen LogP contribution < -0.4 is 31.4 Å². The summed E-state index contributed by atoms with van der Waals surface area (Å²) in [5, 5.41) is 12.8. The Morgan fingerprint density at radius 1 is 0.597 bits per heavy atom. The van der Waals surface area contributed by atoms with Gasteiger partial charge in [0.25, 0.3) is 0 Å². The topological polar surface area (TPSA) is 179 Å². The average molecular weight is 938 g/mol. The summed E-state index contributed by atoms with van der Waals surface area (Å²) in [6.45, 7) is 15.3. The molecule has 0 spiro atoms. The Bertz CT molecular complexity index is 2090. The van der Waals surface area contributed by atoms with Gasteiger partial charge in [-0.3, -0.25) is 19.2 Å². The molecular weight excluding hydrogens is 867 g/mol. The molecule has 6 amide bonds. The van der Waals surface area contributed by atoms with Crippen LogP contribution in [0.2, 0.25) is 18.6 Å². The zero-order valence-electron chi connectivity index (χ0n) is 40.7. The van der Waals surface area contributed by atoms with Crippen LogP contribution in [0, 0.1) is 11.8 Å². The van der Waals surface area contributed by atoms with E-state index < -0.39 is 44.4 Å². The third-order valence-electron chi connectivity index (χ3n) is 14.4. The fourth-order valence-electron chi connectivity index (χ4n) is 9.91. The number of alkyl carbamates (subject to hydrolysis) is 2. The molecular formula is C51H71N7O8Si-. The summed E-state index contributed by atoms with van der Waals surface area (Å²) in [5.41, 5.74) is 4.61. The number of carbonyl (C=O) groups is 6. The van der Waals surface area contributed by atoms with E-state index in [1.54, 1.807) is 9.80 Å². The summed E-state index contributed by atoms with van der Waals surface area (Å²) in [5.74, 6) is -1.53. The van der Waals surface area contributed by atoms with Gasteiger partial charge in [0, 0.05) is 30.2 Å². The van der Waals surface area contributed by atoms with Crippen molar-refractivity contribution < 1.29 is 38.2 Å². The largest absolute Gasteiger partial charge is 0.453 e. The van der Waals surface area contributed by atoms with Crippen molar-refractivity contribution in [3.8, 4) is 0 Å². The van der Waals surface area contributed by atoms with E-state index in [1.165, 1.54) is 31.5 Å². The maximum atomic E-state index is 13.7. The monoisotopic (exact) mass is 938 g/mol. The summed E-state index contributed by atoms with van der Waals surface area (Å²) in [4.78, 5) is 84.4. The molecule has 4 N–H and O–H groups in total. The molecule has 0 radical (unpaired) electrons. The minimum atomic E-state index is -1.59. The second-order valence-electron chi connectivity index (χ2n) is 19.1. The minimum Gasteiger partial charge on any atom is -0.453 e. The van der Waals surface area contributed by atoms with Crippen molar-refractivity contribution in [3.63, 3.8) is 0 Å². The maximum Gasteiger partial charge on any atom is 0.407 e. The molecule has 363 valence electrons. The molecule has 0 saturated carbocycles. The van der Waals surface area contributed by atoms with Gasteiger partial charge in [-0.2, -0.15) is 23.8 Å². The number of rotatable bonds is 16. The molecule has 6 atom stereocenters. The molecule has 3 aliphatic rings. The predicted octanol–water partition coefficient (Wildman–Crippen LogP) is 7.72. The fourth-order valence-corrected chi connectivity index (χ4v) is 12.2. The van der Waals surface area contributed by atoms with E-state index in [0.29, 0.717) is 50.1 Å². The molecule has 3 saturated heterocycles. The molecule has 0 bridgehead atoms. The van der Waals surface area contributed by atoms with E-state index >= 15 is 0 Å². The normalized spacial score (nSPS) is 20.4. The molecule has 3 aromatic carbocycles. The second-order valence-corrected chi connectivity index (χ2v) is 24.3. The number of ether oxygens (including phenoxy) is 2. The van der Waals surface area contributed by atoms with E-state index in [2.05, 4.69) is 95.1 Å². The van der Waals surface area contributed by atoms with Crippen molar-refractivity contribution in [3.05, 3.63) is 83.9 Å². The zero-order chi connectivity index (χ0) is 48.6. The average Bonchev–Trinajstić information content (AvgIpc) is 4.13. The SMILES string of the molecule is CC[Si-](C)(CC)c1ccc(N2[C@H](c3ccc(NC(=O)[C@@H]4CCCN4C(=O)[C@@H](NC(=O)OC)C(C)C)cc3)CC[C@H]2c2ccc(NC(=O)[C@@H]3CCCN3C(=O)[C@@H](NC(=O)OC)C(C)C)cc2)cc1. The molecule has 3 fully saturated rings. The second kappa shape index (κ2) is 22.3. The van der Waals surface area contributed by atoms with Crippen LogP contribution in [0.1, 0.15) is 103 Å². The first-order chi connectivity index (χ1) is 32.0. The van der Waals surface area contributed by atoms with Crippen LogP contribution >= 0.6 is 0 Å². The maximum absolute atomic E-state index is 13.7. The molecule has 15 nitrogen and oxygen atoms in total. The third kappa shape index (κ3) is 11.5. The van der Waals surface area contributed by atoms with Crippen molar-refractivity contribution in [2.75, 3.05) is 42.8 Å². The Labute approximate surface area is 397 Å². The summed E-state index contributed by atoms with van der Waals surface area (Å²) in [6.07, 6.45) is 2.80. The van der Waals surface area contributed by atoms with Crippen molar-refractivity contribution in [1.82, 2.24) is 20.4 Å². The number of amides is 6. The quantitative estimate of drug-likeness (QED) is 0.105. The first-order valence-corrected chi connectivity index (χ1v) is 27.0. The van der Waals surface area contributed by atoms with Gasteiger partial charge in [0.05, 0.1) is 26.3 Å². The fraction of sp³-hybridized carbons (Fsp3) is 0.529. The van der Waals surface area contributed by atoms with Gasteiger partial charge < -0.3 is 45.4 Å². The van der Waals surface area contributed by atoms with E-state index in [-0.39, 0.29) is 47.5 Å². The van der Waals surface area contributed by atoms with Crippen molar-refractivity contribution in [1.29, 1.82) is 0 Å². The number of hydrogen-bond acceptors (Lipinski definition) is 9. The zero-order valence-corrected chi connectivity index (χ0v) is 41.7. The van der Waals surface area contributed by atoms with Gasteiger partial charge in [0.1, 0.15) is 24.2 Å². The van der Waals surface area contributed by atoms with Crippen LogP contribution in [0.3, 0.4) is 0 Å². The van der Waals surface area contributed by atoms with Crippen molar-refractivity contribution in [2.45, 2.75) is 135 Å². The van der Waals surface area contributed by atoms with Crippen molar-refractivity contribution >= 4 is 66.1 Å². The summed E-state index contributed by atoms with van der Waals surface area (Å²) in [6, 6.07) is 24.6. The lowest BCUT2D eigenvalue weighted by molar-refractivity contribution is -0.139. The molecule has 3 aromatic rings. The van der Waals surface area contributed by atoms with E-state index in [0.717, 1.165) is 29.7 Å². The lowest BCUT2D eigenvalue weighted by Crippen LogP contribution is -2.54.